The Balaban J connectivity index is 2.04. The van der Waals surface area contributed by atoms with Gasteiger partial charge in [-0.25, -0.2) is 0 Å². The van der Waals surface area contributed by atoms with Crippen LogP contribution in [0.2, 0.25) is 0 Å². The molecule has 2 aromatic heterocycles. The highest BCUT2D eigenvalue weighted by molar-refractivity contribution is 5.16. The van der Waals surface area contributed by atoms with Gasteiger partial charge in [0.1, 0.15) is 0 Å². The Hall–Kier alpha value is -1.68. The van der Waals surface area contributed by atoms with E-state index in [1.165, 1.54) is 0 Å². The van der Waals surface area contributed by atoms with Crippen LogP contribution in [0.4, 0.5) is 0 Å². The highest BCUT2D eigenvalue weighted by atomic mass is 15.2. The number of nitrogens with one attached hydrogen (secondary N) is 1. The van der Waals surface area contributed by atoms with E-state index in [1.807, 2.05) is 18.3 Å². The average Bonchev–Trinajstić information content (AvgIpc) is 2.87. The van der Waals surface area contributed by atoms with Crippen LogP contribution in [0.25, 0.3) is 0 Å². The zero-order valence-electron chi connectivity index (χ0n) is 13.0. The average molecular weight is 272 g/mol. The van der Waals surface area contributed by atoms with Gasteiger partial charge in [0.15, 0.2) is 0 Å². The molecule has 0 spiro atoms. The molecule has 20 heavy (non-hydrogen) atoms. The molecule has 2 aromatic rings. The molecule has 0 radical (unpaired) electrons. The van der Waals surface area contributed by atoms with Gasteiger partial charge in [-0.1, -0.05) is 26.8 Å². The summed E-state index contributed by atoms with van der Waals surface area (Å²) in [5.41, 5.74) is 3.41. The lowest BCUT2D eigenvalue weighted by atomic mass is 9.92. The first-order valence-electron chi connectivity index (χ1n) is 7.04. The summed E-state index contributed by atoms with van der Waals surface area (Å²) in [6.07, 6.45) is 1.84. The minimum atomic E-state index is 0.0833. The van der Waals surface area contributed by atoms with Crippen LogP contribution in [0.3, 0.4) is 0 Å². The summed E-state index contributed by atoms with van der Waals surface area (Å²) in [4.78, 5) is 6.68. The van der Waals surface area contributed by atoms with Crippen LogP contribution >= 0.6 is 0 Å². The molecule has 0 saturated carbocycles. The van der Waals surface area contributed by atoms with Crippen molar-refractivity contribution in [2.24, 2.45) is 0 Å². The van der Waals surface area contributed by atoms with Crippen molar-refractivity contribution in [3.05, 3.63) is 47.5 Å². The van der Waals surface area contributed by atoms with Gasteiger partial charge in [0, 0.05) is 29.9 Å². The van der Waals surface area contributed by atoms with E-state index in [0.717, 1.165) is 23.6 Å². The van der Waals surface area contributed by atoms with E-state index >= 15 is 0 Å². The molecule has 108 valence electrons. The van der Waals surface area contributed by atoms with Crippen molar-refractivity contribution in [2.75, 3.05) is 7.05 Å². The molecule has 2 rings (SSSR count). The fourth-order valence-corrected chi connectivity index (χ4v) is 2.08. The maximum atomic E-state index is 4.42. The van der Waals surface area contributed by atoms with Crippen LogP contribution < -0.4 is 0 Å². The van der Waals surface area contributed by atoms with Crippen LogP contribution in [0.1, 0.15) is 50.8 Å². The van der Waals surface area contributed by atoms with E-state index in [2.05, 4.69) is 67.0 Å². The number of aromatic amines is 1. The summed E-state index contributed by atoms with van der Waals surface area (Å²) >= 11 is 0. The summed E-state index contributed by atoms with van der Waals surface area (Å²) in [6, 6.07) is 8.47. The molecule has 4 nitrogen and oxygen atoms in total. The lowest BCUT2D eigenvalue weighted by Crippen LogP contribution is -2.22. The van der Waals surface area contributed by atoms with E-state index < -0.39 is 0 Å². The van der Waals surface area contributed by atoms with E-state index in [4.69, 9.17) is 0 Å². The van der Waals surface area contributed by atoms with Crippen molar-refractivity contribution in [1.82, 2.24) is 20.1 Å². The summed E-state index contributed by atoms with van der Waals surface area (Å²) < 4.78 is 0. The van der Waals surface area contributed by atoms with Gasteiger partial charge >= 0.3 is 0 Å². The number of pyridine rings is 1. The number of nitrogens with zero attached hydrogens (tertiary/aromatic N) is 3. The highest BCUT2D eigenvalue weighted by Crippen LogP contribution is 2.22. The topological polar surface area (TPSA) is 44.8 Å². The van der Waals surface area contributed by atoms with Crippen molar-refractivity contribution >= 4 is 0 Å². The van der Waals surface area contributed by atoms with Crippen molar-refractivity contribution in [2.45, 2.75) is 45.7 Å². The van der Waals surface area contributed by atoms with Gasteiger partial charge in [-0.15, -0.1) is 0 Å². The van der Waals surface area contributed by atoms with Gasteiger partial charge in [-0.3, -0.25) is 15.0 Å². The van der Waals surface area contributed by atoms with Gasteiger partial charge in [0.2, 0.25) is 0 Å². The van der Waals surface area contributed by atoms with Gasteiger partial charge < -0.3 is 0 Å². The lowest BCUT2D eigenvalue weighted by molar-refractivity contribution is 0.245. The Bertz CT molecular complexity index is 539. The molecule has 1 N–H and O–H groups in total. The molecule has 2 heterocycles. The first kappa shape index (κ1) is 14.7. The SMILES string of the molecule is CC(c1ccccn1)N(C)Cc1cc(C(C)(C)C)n[nH]1. The van der Waals surface area contributed by atoms with Gasteiger partial charge in [0.05, 0.1) is 11.4 Å². The van der Waals surface area contributed by atoms with Crippen LogP contribution in [-0.2, 0) is 12.0 Å². The van der Waals surface area contributed by atoms with Crippen LogP contribution in [-0.4, -0.2) is 27.1 Å². The maximum absolute atomic E-state index is 4.42. The molecule has 0 aliphatic heterocycles. The van der Waals surface area contributed by atoms with E-state index in [-0.39, 0.29) is 11.5 Å². The van der Waals surface area contributed by atoms with Crippen LogP contribution in [0.15, 0.2) is 30.5 Å². The molecule has 0 aromatic carbocycles. The Morgan fingerprint density at radius 3 is 2.60 bits per heavy atom. The minimum absolute atomic E-state index is 0.0833. The monoisotopic (exact) mass is 272 g/mol. The molecule has 4 heteroatoms. The van der Waals surface area contributed by atoms with Gasteiger partial charge in [-0.05, 0) is 32.2 Å². The predicted octanol–water partition coefficient (Wildman–Crippen LogP) is 3.30. The molecule has 0 aliphatic rings. The second-order valence-electron chi connectivity index (χ2n) is 6.37. The number of hydrogen-bond donors (Lipinski definition) is 1. The van der Waals surface area contributed by atoms with Crippen LogP contribution in [0, 0.1) is 0 Å². The predicted molar refractivity (Wildman–Crippen MR) is 81.4 cm³/mol. The maximum Gasteiger partial charge on any atom is 0.0678 e. The smallest absolute Gasteiger partial charge is 0.0678 e. The van der Waals surface area contributed by atoms with Crippen molar-refractivity contribution < 1.29 is 0 Å². The third-order valence-corrected chi connectivity index (χ3v) is 3.60. The Labute approximate surface area is 121 Å². The standard InChI is InChI=1S/C16H24N4/c1-12(14-8-6-7-9-17-14)20(5)11-13-10-15(19-18-13)16(2,3)4/h6-10,12H,11H2,1-5H3,(H,18,19). The van der Waals surface area contributed by atoms with Gasteiger partial charge in [-0.2, -0.15) is 5.10 Å². The minimum Gasteiger partial charge on any atom is -0.292 e. The van der Waals surface area contributed by atoms with Crippen molar-refractivity contribution in [3.63, 3.8) is 0 Å². The normalized spacial score (nSPS) is 13.7. The largest absolute Gasteiger partial charge is 0.292 e. The molecule has 0 bridgehead atoms. The van der Waals surface area contributed by atoms with E-state index in [9.17, 15) is 0 Å². The third-order valence-electron chi connectivity index (χ3n) is 3.60. The van der Waals surface area contributed by atoms with E-state index in [0.29, 0.717) is 0 Å². The van der Waals surface area contributed by atoms with Crippen molar-refractivity contribution in [1.29, 1.82) is 0 Å². The first-order valence-corrected chi connectivity index (χ1v) is 7.04. The number of H-pyrrole nitrogens is 1. The molecular weight excluding hydrogens is 248 g/mol. The summed E-state index contributed by atoms with van der Waals surface area (Å²) in [6.45, 7) is 9.53. The Morgan fingerprint density at radius 1 is 1.30 bits per heavy atom. The fraction of sp³-hybridized carbons (Fsp3) is 0.500. The van der Waals surface area contributed by atoms with Crippen molar-refractivity contribution in [3.8, 4) is 0 Å². The Kier molecular flexibility index (Phi) is 4.23. The fourth-order valence-electron chi connectivity index (χ4n) is 2.08. The number of aromatic nitrogens is 3. The molecular formula is C16H24N4. The summed E-state index contributed by atoms with van der Waals surface area (Å²) in [5, 5.41) is 7.54. The Morgan fingerprint density at radius 2 is 2.05 bits per heavy atom. The quantitative estimate of drug-likeness (QED) is 0.929. The first-order chi connectivity index (χ1) is 9.38. The third kappa shape index (κ3) is 3.45. The molecule has 0 saturated heterocycles. The molecule has 1 atom stereocenters. The molecule has 0 fully saturated rings. The summed E-state index contributed by atoms with van der Waals surface area (Å²) in [7, 11) is 2.11. The second kappa shape index (κ2) is 5.75. The zero-order valence-corrected chi connectivity index (χ0v) is 13.0. The van der Waals surface area contributed by atoms with E-state index in [1.54, 1.807) is 0 Å². The molecule has 1 unspecified atom stereocenters. The lowest BCUT2D eigenvalue weighted by Gasteiger charge is -2.23. The highest BCUT2D eigenvalue weighted by Gasteiger charge is 2.19. The number of rotatable bonds is 4. The number of hydrogen-bond acceptors (Lipinski definition) is 3. The van der Waals surface area contributed by atoms with Gasteiger partial charge in [0.25, 0.3) is 0 Å². The summed E-state index contributed by atoms with van der Waals surface area (Å²) in [5.74, 6) is 0. The van der Waals surface area contributed by atoms with Crippen LogP contribution in [0.5, 0.6) is 0 Å². The second-order valence-corrected chi connectivity index (χ2v) is 6.37. The molecule has 0 aliphatic carbocycles. The molecule has 0 amide bonds. The zero-order chi connectivity index (χ0) is 14.8.